The lowest BCUT2D eigenvalue weighted by molar-refractivity contribution is -0.274. The molecular weight excluding hydrogens is 495 g/mol. The van der Waals surface area contributed by atoms with Crippen LogP contribution in [0.4, 0.5) is 22.0 Å². The van der Waals surface area contributed by atoms with Crippen LogP contribution in [-0.4, -0.2) is 49.0 Å². The van der Waals surface area contributed by atoms with Gasteiger partial charge in [0.2, 0.25) is 0 Å². The minimum Gasteiger partial charge on any atom is -0.406 e. The van der Waals surface area contributed by atoms with Gasteiger partial charge in [-0.05, 0) is 24.6 Å². The van der Waals surface area contributed by atoms with Crippen LogP contribution in [0.2, 0.25) is 0 Å². The maximum Gasteiger partial charge on any atom is 0.573 e. The van der Waals surface area contributed by atoms with Gasteiger partial charge in [-0.1, -0.05) is 0 Å². The maximum atomic E-state index is 14.0. The number of hydrogen-bond donors (Lipinski definition) is 6. The highest BCUT2D eigenvalue weighted by Crippen LogP contribution is 2.24. The van der Waals surface area contributed by atoms with E-state index in [0.29, 0.717) is 0 Å². The van der Waals surface area contributed by atoms with Crippen molar-refractivity contribution in [1.29, 1.82) is 5.26 Å². The number of amides is 2. The standard InChI is InChI=1S/C20H25F5N8O3/c21-13(3-6-33(29)11-17(28)19(35)31-5-4-26)9-30-10-16(27)18(34)32-8-12-7-14(1-2-15(12)22)36-20(23,24)25/h1-2,7,10-11,13,30H,3,5-6,8-9,27-29H2,(H,31,35)(H,32,34)/b16-10-,17-11-. The third-order valence-corrected chi connectivity index (χ3v) is 4.14. The summed E-state index contributed by atoms with van der Waals surface area (Å²) in [5.74, 6) is 2.47. The van der Waals surface area contributed by atoms with Crippen molar-refractivity contribution in [3.8, 4) is 11.8 Å². The fourth-order valence-electron chi connectivity index (χ4n) is 2.44. The highest BCUT2D eigenvalue weighted by Gasteiger charge is 2.31. The Morgan fingerprint density at radius 2 is 1.86 bits per heavy atom. The van der Waals surface area contributed by atoms with Gasteiger partial charge in [-0.15, -0.1) is 13.2 Å². The summed E-state index contributed by atoms with van der Waals surface area (Å²) in [7, 11) is 0. The minimum absolute atomic E-state index is 0.0303. The molecule has 0 radical (unpaired) electrons. The van der Waals surface area contributed by atoms with Crippen LogP contribution in [0.5, 0.6) is 5.75 Å². The predicted octanol–water partition coefficient (Wildman–Crippen LogP) is 0.0740. The molecule has 0 aliphatic carbocycles. The monoisotopic (exact) mass is 520 g/mol. The van der Waals surface area contributed by atoms with E-state index in [1.807, 2.05) is 0 Å². The predicted molar refractivity (Wildman–Crippen MR) is 117 cm³/mol. The molecule has 1 aromatic rings. The third-order valence-electron chi connectivity index (χ3n) is 4.14. The molecule has 1 atom stereocenters. The largest absolute Gasteiger partial charge is 0.573 e. The molecule has 198 valence electrons. The SMILES string of the molecule is N#CCNC(=O)/C(N)=C/N(N)CCC(F)CN/C=C(\N)C(=O)NCc1cc(OC(F)(F)F)ccc1F. The van der Waals surface area contributed by atoms with E-state index < -0.39 is 48.2 Å². The average Bonchev–Trinajstić information content (AvgIpc) is 2.80. The van der Waals surface area contributed by atoms with Crippen LogP contribution < -0.4 is 38.0 Å². The van der Waals surface area contributed by atoms with E-state index >= 15 is 0 Å². The average molecular weight is 520 g/mol. The normalized spacial score (nSPS) is 12.8. The van der Waals surface area contributed by atoms with Crippen LogP contribution in [0.3, 0.4) is 0 Å². The van der Waals surface area contributed by atoms with Gasteiger partial charge in [-0.2, -0.15) is 5.26 Å². The van der Waals surface area contributed by atoms with Gasteiger partial charge in [0.15, 0.2) is 0 Å². The van der Waals surface area contributed by atoms with Crippen LogP contribution in [0.15, 0.2) is 42.0 Å². The van der Waals surface area contributed by atoms with Gasteiger partial charge in [0.1, 0.15) is 35.7 Å². The second-order valence-corrected chi connectivity index (χ2v) is 7.04. The molecule has 1 rings (SSSR count). The lowest BCUT2D eigenvalue weighted by Gasteiger charge is -2.16. The Morgan fingerprint density at radius 3 is 2.50 bits per heavy atom. The van der Waals surface area contributed by atoms with Crippen molar-refractivity contribution >= 4 is 11.8 Å². The van der Waals surface area contributed by atoms with Gasteiger partial charge in [0.05, 0.1) is 6.07 Å². The van der Waals surface area contributed by atoms with Gasteiger partial charge in [0, 0.05) is 37.6 Å². The van der Waals surface area contributed by atoms with Gasteiger partial charge >= 0.3 is 6.36 Å². The Bertz CT molecular complexity index is 1010. The van der Waals surface area contributed by atoms with Crippen LogP contribution in [0.1, 0.15) is 12.0 Å². The number of nitrogens with zero attached hydrogens (tertiary/aromatic N) is 2. The minimum atomic E-state index is -4.97. The number of carbonyl (C=O) groups excluding carboxylic acids is 2. The Kier molecular flexibility index (Phi) is 11.8. The number of nitrogens with one attached hydrogen (secondary N) is 3. The summed E-state index contributed by atoms with van der Waals surface area (Å²) in [4.78, 5) is 23.5. The fourth-order valence-corrected chi connectivity index (χ4v) is 2.44. The van der Waals surface area contributed by atoms with Crippen molar-refractivity contribution in [1.82, 2.24) is 21.0 Å². The Morgan fingerprint density at radius 1 is 1.19 bits per heavy atom. The van der Waals surface area contributed by atoms with Crippen LogP contribution in [0, 0.1) is 17.1 Å². The zero-order valence-electron chi connectivity index (χ0n) is 18.7. The van der Waals surface area contributed by atoms with Crippen LogP contribution in [0.25, 0.3) is 0 Å². The highest BCUT2D eigenvalue weighted by atomic mass is 19.4. The second-order valence-electron chi connectivity index (χ2n) is 7.04. The number of benzene rings is 1. The molecule has 9 N–H and O–H groups in total. The van der Waals surface area contributed by atoms with Crippen molar-refractivity contribution in [3.05, 3.63) is 53.4 Å². The molecule has 36 heavy (non-hydrogen) atoms. The van der Waals surface area contributed by atoms with E-state index in [1.54, 1.807) is 6.07 Å². The Balaban J connectivity index is 2.47. The number of alkyl halides is 4. The molecule has 1 aromatic carbocycles. The molecule has 0 bridgehead atoms. The first-order chi connectivity index (χ1) is 16.8. The number of hydrogen-bond acceptors (Lipinski definition) is 9. The van der Waals surface area contributed by atoms with E-state index in [9.17, 15) is 31.5 Å². The third kappa shape index (κ3) is 11.7. The first-order valence-electron chi connectivity index (χ1n) is 10.1. The summed E-state index contributed by atoms with van der Waals surface area (Å²) in [6.45, 7) is -1.03. The number of rotatable bonds is 13. The van der Waals surface area contributed by atoms with Crippen molar-refractivity contribution in [2.75, 3.05) is 19.6 Å². The molecule has 1 unspecified atom stereocenters. The first kappa shape index (κ1) is 29.8. The number of nitriles is 1. The van der Waals surface area contributed by atoms with Crippen molar-refractivity contribution in [3.63, 3.8) is 0 Å². The van der Waals surface area contributed by atoms with Crippen molar-refractivity contribution in [2.45, 2.75) is 25.5 Å². The quantitative estimate of drug-likeness (QED) is 0.0689. The molecule has 0 aromatic heterocycles. The molecular formula is C20H25F5N8O3. The van der Waals surface area contributed by atoms with Gasteiger partial charge in [-0.3, -0.25) is 9.59 Å². The molecule has 0 saturated heterocycles. The molecule has 2 amide bonds. The highest BCUT2D eigenvalue weighted by molar-refractivity contribution is 5.92. The summed E-state index contributed by atoms with van der Waals surface area (Å²) in [5, 5.41) is 16.3. The molecule has 0 fully saturated rings. The van der Waals surface area contributed by atoms with Gasteiger partial charge in [0.25, 0.3) is 11.8 Å². The zero-order chi connectivity index (χ0) is 27.3. The summed E-state index contributed by atoms with van der Waals surface area (Å²) in [6, 6.07) is 4.00. The number of halogens is 5. The van der Waals surface area contributed by atoms with E-state index in [1.165, 1.54) is 0 Å². The molecule has 0 spiro atoms. The summed E-state index contributed by atoms with van der Waals surface area (Å²) in [5.41, 5.74) is 10.1. The molecule has 0 aliphatic rings. The Labute approximate surface area is 202 Å². The van der Waals surface area contributed by atoms with Crippen molar-refractivity contribution in [2.24, 2.45) is 17.3 Å². The lowest BCUT2D eigenvalue weighted by atomic mass is 10.2. The summed E-state index contributed by atoms with van der Waals surface area (Å²) in [6.07, 6.45) is -4.44. The second kappa shape index (κ2) is 14.2. The van der Waals surface area contributed by atoms with E-state index in [-0.39, 0.29) is 37.3 Å². The number of nitrogens with two attached hydrogens (primary N) is 3. The molecule has 11 nitrogen and oxygen atoms in total. The fraction of sp³-hybridized carbons (Fsp3) is 0.350. The lowest BCUT2D eigenvalue weighted by Crippen LogP contribution is -2.35. The smallest absolute Gasteiger partial charge is 0.406 e. The van der Waals surface area contributed by atoms with E-state index in [4.69, 9.17) is 22.6 Å². The molecule has 0 aliphatic heterocycles. The van der Waals surface area contributed by atoms with Crippen LogP contribution in [-0.2, 0) is 16.1 Å². The summed E-state index contributed by atoms with van der Waals surface area (Å²) < 4.78 is 68.4. The molecule has 0 heterocycles. The topological polar surface area (TPSA) is 185 Å². The number of ether oxygens (including phenoxy) is 1. The van der Waals surface area contributed by atoms with Gasteiger partial charge in [-0.25, -0.2) is 14.6 Å². The number of hydrazine groups is 1. The summed E-state index contributed by atoms with van der Waals surface area (Å²) >= 11 is 0. The van der Waals surface area contributed by atoms with E-state index in [2.05, 4.69) is 20.7 Å². The van der Waals surface area contributed by atoms with Crippen LogP contribution >= 0.6 is 0 Å². The molecule has 16 heteroatoms. The maximum absolute atomic E-state index is 14.0. The first-order valence-corrected chi connectivity index (χ1v) is 10.1. The molecule has 0 saturated carbocycles. The van der Waals surface area contributed by atoms with Crippen molar-refractivity contribution < 1.29 is 36.3 Å². The van der Waals surface area contributed by atoms with Gasteiger partial charge < -0.3 is 37.2 Å². The Hall–Kier alpha value is -4.26. The zero-order valence-corrected chi connectivity index (χ0v) is 18.7. The number of carbonyl (C=O) groups is 2. The van der Waals surface area contributed by atoms with E-state index in [0.717, 1.165) is 35.6 Å².